The lowest BCUT2D eigenvalue weighted by atomic mass is 9.84. The van der Waals surface area contributed by atoms with Crippen LogP contribution in [0.25, 0.3) is 0 Å². The molecule has 27 heavy (non-hydrogen) atoms. The van der Waals surface area contributed by atoms with Crippen molar-refractivity contribution in [1.29, 1.82) is 0 Å². The lowest BCUT2D eigenvalue weighted by Crippen LogP contribution is -2.52. The van der Waals surface area contributed by atoms with E-state index in [-0.39, 0.29) is 11.9 Å². The zero-order chi connectivity index (χ0) is 19.2. The van der Waals surface area contributed by atoms with E-state index in [1.54, 1.807) is 4.90 Å². The summed E-state index contributed by atoms with van der Waals surface area (Å²) in [6.07, 6.45) is 7.87. The number of aromatic nitrogens is 2. The maximum absolute atomic E-state index is 12.7. The summed E-state index contributed by atoms with van der Waals surface area (Å²) in [5, 5.41) is 4.53. The number of hydrogen-bond acceptors (Lipinski definition) is 5. The minimum absolute atomic E-state index is 0.0544. The van der Waals surface area contributed by atoms with Crippen molar-refractivity contribution in [3.8, 4) is 5.75 Å². The highest BCUT2D eigenvalue weighted by Crippen LogP contribution is 2.40. The molecule has 2 aliphatic heterocycles. The highest BCUT2D eigenvalue weighted by molar-refractivity contribution is 5.98. The first-order valence-electron chi connectivity index (χ1n) is 10.0. The summed E-state index contributed by atoms with van der Waals surface area (Å²) in [6, 6.07) is 0.386. The van der Waals surface area contributed by atoms with Gasteiger partial charge in [0.15, 0.2) is 17.2 Å². The number of carbonyl (C=O) groups excluding carboxylic acids is 2. The van der Waals surface area contributed by atoms with Crippen molar-refractivity contribution in [2.45, 2.75) is 83.0 Å². The molecule has 1 saturated heterocycles. The molecule has 0 N–H and O–H groups in total. The Labute approximate surface area is 160 Å². The standard InChI is InChI=1S/C20H29N3O4/c1-19(2,3)27-18(25)22-10-8-20(9-11-22)12-15(24)17-16(26-20)13-23(21-17)14-6-4-5-7-14/h13-14H,4-12H2,1-3H3. The molecule has 0 atom stereocenters. The number of ketones is 1. The summed E-state index contributed by atoms with van der Waals surface area (Å²) in [5.41, 5.74) is -0.554. The zero-order valence-electron chi connectivity index (χ0n) is 16.5. The Bertz CT molecular complexity index is 735. The van der Waals surface area contributed by atoms with E-state index in [9.17, 15) is 9.59 Å². The molecule has 1 amide bonds. The summed E-state index contributed by atoms with van der Waals surface area (Å²) < 4.78 is 13.7. The minimum Gasteiger partial charge on any atom is -0.483 e. The Morgan fingerprint density at radius 2 is 1.93 bits per heavy atom. The van der Waals surface area contributed by atoms with Crippen LogP contribution in [0.2, 0.25) is 0 Å². The van der Waals surface area contributed by atoms with Gasteiger partial charge in [0.25, 0.3) is 0 Å². The lowest BCUT2D eigenvalue weighted by molar-refractivity contribution is -0.0227. The van der Waals surface area contributed by atoms with E-state index < -0.39 is 11.2 Å². The number of piperidine rings is 1. The highest BCUT2D eigenvalue weighted by atomic mass is 16.6. The molecule has 1 aromatic heterocycles. The van der Waals surface area contributed by atoms with Crippen molar-refractivity contribution >= 4 is 11.9 Å². The molecule has 3 heterocycles. The third-order valence-electron chi connectivity index (χ3n) is 5.80. The fourth-order valence-corrected chi connectivity index (χ4v) is 4.35. The number of Topliss-reactive ketones (excluding diaryl/α,β-unsaturated/α-hetero) is 1. The van der Waals surface area contributed by atoms with Gasteiger partial charge < -0.3 is 14.4 Å². The molecule has 1 aromatic rings. The van der Waals surface area contributed by atoms with Crippen molar-refractivity contribution < 1.29 is 19.1 Å². The maximum atomic E-state index is 12.7. The van der Waals surface area contributed by atoms with Crippen molar-refractivity contribution in [1.82, 2.24) is 14.7 Å². The number of amides is 1. The number of ether oxygens (including phenoxy) is 2. The van der Waals surface area contributed by atoms with E-state index >= 15 is 0 Å². The summed E-state index contributed by atoms with van der Waals surface area (Å²) in [5.74, 6) is 0.669. The van der Waals surface area contributed by atoms with E-state index in [0.717, 1.165) is 12.8 Å². The predicted octanol–water partition coefficient (Wildman–Crippen LogP) is 3.73. The number of likely N-dealkylation sites (tertiary alicyclic amines) is 1. The number of hydrogen-bond donors (Lipinski definition) is 0. The Morgan fingerprint density at radius 1 is 1.26 bits per heavy atom. The number of carbonyl (C=O) groups is 2. The van der Waals surface area contributed by atoms with Gasteiger partial charge in [-0.15, -0.1) is 0 Å². The fourth-order valence-electron chi connectivity index (χ4n) is 4.35. The maximum Gasteiger partial charge on any atom is 0.410 e. The van der Waals surface area contributed by atoms with E-state index in [1.807, 2.05) is 31.6 Å². The van der Waals surface area contributed by atoms with Crippen LogP contribution in [0.15, 0.2) is 6.20 Å². The van der Waals surface area contributed by atoms with Gasteiger partial charge >= 0.3 is 6.09 Å². The largest absolute Gasteiger partial charge is 0.483 e. The van der Waals surface area contributed by atoms with E-state index in [0.29, 0.717) is 49.8 Å². The molecule has 7 heteroatoms. The molecular weight excluding hydrogens is 346 g/mol. The average Bonchev–Trinajstić information content (AvgIpc) is 3.22. The van der Waals surface area contributed by atoms with Gasteiger partial charge in [-0.2, -0.15) is 5.10 Å². The van der Waals surface area contributed by atoms with E-state index in [2.05, 4.69) is 5.10 Å². The van der Waals surface area contributed by atoms with Gasteiger partial charge in [-0.05, 0) is 33.6 Å². The van der Waals surface area contributed by atoms with Crippen molar-refractivity contribution in [2.75, 3.05) is 13.1 Å². The molecule has 1 aliphatic carbocycles. The van der Waals surface area contributed by atoms with Crippen LogP contribution in [0, 0.1) is 0 Å². The van der Waals surface area contributed by atoms with Crippen molar-refractivity contribution in [3.05, 3.63) is 11.9 Å². The molecule has 4 rings (SSSR count). The molecule has 7 nitrogen and oxygen atoms in total. The first-order chi connectivity index (χ1) is 12.7. The zero-order valence-corrected chi connectivity index (χ0v) is 16.5. The van der Waals surface area contributed by atoms with Crippen molar-refractivity contribution in [3.63, 3.8) is 0 Å². The second kappa shape index (κ2) is 6.53. The lowest BCUT2D eigenvalue weighted by Gasteiger charge is -2.43. The second-order valence-electron chi connectivity index (χ2n) is 9.11. The average molecular weight is 375 g/mol. The van der Waals surface area contributed by atoms with Crippen LogP contribution >= 0.6 is 0 Å². The topological polar surface area (TPSA) is 73.7 Å². The Balaban J connectivity index is 1.44. The van der Waals surface area contributed by atoms with Crippen LogP contribution in [0.3, 0.4) is 0 Å². The van der Waals surface area contributed by atoms with Gasteiger partial charge in [-0.3, -0.25) is 9.48 Å². The fraction of sp³-hybridized carbons (Fsp3) is 0.750. The molecular formula is C20H29N3O4. The molecule has 3 aliphatic rings. The molecule has 148 valence electrons. The molecule has 0 unspecified atom stereocenters. The Kier molecular flexibility index (Phi) is 4.43. The number of fused-ring (bicyclic) bond motifs is 1. The highest BCUT2D eigenvalue weighted by Gasteiger charge is 2.45. The molecule has 0 aromatic carbocycles. The third kappa shape index (κ3) is 3.69. The van der Waals surface area contributed by atoms with Crippen LogP contribution in [-0.2, 0) is 4.74 Å². The van der Waals surface area contributed by atoms with Gasteiger partial charge in [0, 0.05) is 25.9 Å². The quantitative estimate of drug-likeness (QED) is 0.748. The van der Waals surface area contributed by atoms with Gasteiger partial charge in [-0.25, -0.2) is 4.79 Å². The van der Waals surface area contributed by atoms with Crippen LogP contribution in [0.4, 0.5) is 4.79 Å². The summed E-state index contributed by atoms with van der Waals surface area (Å²) in [6.45, 7) is 6.66. The SMILES string of the molecule is CC(C)(C)OC(=O)N1CCC2(CC1)CC(=O)c1nn(C3CCCC3)cc1O2. The van der Waals surface area contributed by atoms with Gasteiger partial charge in [0.05, 0.1) is 18.7 Å². The smallest absolute Gasteiger partial charge is 0.410 e. The second-order valence-corrected chi connectivity index (χ2v) is 9.11. The Hall–Kier alpha value is -2.05. The third-order valence-corrected chi connectivity index (χ3v) is 5.80. The monoisotopic (exact) mass is 375 g/mol. The predicted molar refractivity (Wildman–Crippen MR) is 99.1 cm³/mol. The van der Waals surface area contributed by atoms with Crippen LogP contribution in [0.5, 0.6) is 5.75 Å². The summed E-state index contributed by atoms with van der Waals surface area (Å²) in [7, 11) is 0. The minimum atomic E-state index is -0.522. The summed E-state index contributed by atoms with van der Waals surface area (Å²) >= 11 is 0. The van der Waals surface area contributed by atoms with Crippen LogP contribution < -0.4 is 4.74 Å². The summed E-state index contributed by atoms with van der Waals surface area (Å²) in [4.78, 5) is 26.7. The van der Waals surface area contributed by atoms with Gasteiger partial charge in [0.2, 0.25) is 0 Å². The van der Waals surface area contributed by atoms with Crippen LogP contribution in [0.1, 0.15) is 82.2 Å². The molecule has 0 bridgehead atoms. The normalized spacial score (nSPS) is 22.6. The van der Waals surface area contributed by atoms with Gasteiger partial charge in [0.1, 0.15) is 11.2 Å². The van der Waals surface area contributed by atoms with Crippen molar-refractivity contribution in [2.24, 2.45) is 0 Å². The molecule has 1 saturated carbocycles. The molecule has 0 radical (unpaired) electrons. The van der Waals surface area contributed by atoms with Gasteiger partial charge in [-0.1, -0.05) is 12.8 Å². The van der Waals surface area contributed by atoms with Crippen LogP contribution in [-0.4, -0.2) is 50.8 Å². The molecule has 2 fully saturated rings. The first-order valence-corrected chi connectivity index (χ1v) is 10.0. The Morgan fingerprint density at radius 3 is 2.56 bits per heavy atom. The number of nitrogens with zero attached hydrogens (tertiary/aromatic N) is 3. The molecule has 1 spiro atoms. The van der Waals surface area contributed by atoms with E-state index in [1.165, 1.54) is 12.8 Å². The first kappa shape index (κ1) is 18.3. The number of rotatable bonds is 1. The van der Waals surface area contributed by atoms with E-state index in [4.69, 9.17) is 9.47 Å².